The Kier molecular flexibility index (Phi) is 4.99. The van der Waals surface area contributed by atoms with Gasteiger partial charge in [0, 0.05) is 17.7 Å². The number of benzene rings is 2. The second-order valence-electron chi connectivity index (χ2n) is 8.88. The Hall–Kier alpha value is -3.22. The summed E-state index contributed by atoms with van der Waals surface area (Å²) in [4.78, 5) is 24.4. The van der Waals surface area contributed by atoms with E-state index < -0.39 is 17.5 Å². The van der Waals surface area contributed by atoms with Crippen LogP contribution in [0.4, 0.5) is 0 Å². The van der Waals surface area contributed by atoms with Gasteiger partial charge in [0.05, 0.1) is 14.2 Å². The molecule has 0 bridgehead atoms. The van der Waals surface area contributed by atoms with E-state index >= 15 is 0 Å². The van der Waals surface area contributed by atoms with Crippen LogP contribution in [-0.2, 0) is 11.3 Å². The smallest absolute Gasteiger partial charge is 0.313 e. The Morgan fingerprint density at radius 1 is 1.06 bits per heavy atom. The summed E-state index contributed by atoms with van der Waals surface area (Å²) in [6.07, 6.45) is 3.79. The van der Waals surface area contributed by atoms with Crippen LogP contribution in [-0.4, -0.2) is 37.3 Å². The van der Waals surface area contributed by atoms with Crippen LogP contribution in [0.3, 0.4) is 0 Å². The van der Waals surface area contributed by atoms with E-state index in [0.29, 0.717) is 42.2 Å². The van der Waals surface area contributed by atoms with Crippen molar-refractivity contribution in [2.45, 2.75) is 44.8 Å². The van der Waals surface area contributed by atoms with Gasteiger partial charge in [-0.25, -0.2) is 0 Å². The fourth-order valence-corrected chi connectivity index (χ4v) is 5.02. The van der Waals surface area contributed by atoms with Crippen LogP contribution in [0.1, 0.15) is 48.0 Å². The molecule has 0 saturated heterocycles. The number of carboxylic acids is 1. The number of carbonyl (C=O) groups excluding carboxylic acids is 1. The molecule has 0 spiro atoms. The molecule has 1 heterocycles. The lowest BCUT2D eigenvalue weighted by Gasteiger charge is -2.38. The average Bonchev–Trinajstić information content (AvgIpc) is 3.49. The highest BCUT2D eigenvalue weighted by molar-refractivity contribution is 6.01. The van der Waals surface area contributed by atoms with Crippen LogP contribution < -0.4 is 19.5 Å². The van der Waals surface area contributed by atoms with Crippen LogP contribution in [0.15, 0.2) is 30.3 Å². The lowest BCUT2D eigenvalue weighted by molar-refractivity contribution is -0.149. The first-order valence-corrected chi connectivity index (χ1v) is 11.1. The van der Waals surface area contributed by atoms with E-state index in [1.165, 1.54) is 0 Å². The molecule has 1 unspecified atom stereocenters. The number of hydrogen-bond donors (Lipinski definition) is 2. The molecule has 3 aliphatic rings. The van der Waals surface area contributed by atoms with Crippen molar-refractivity contribution in [3.8, 4) is 28.4 Å². The van der Waals surface area contributed by atoms with Crippen molar-refractivity contribution in [3.05, 3.63) is 41.5 Å². The van der Waals surface area contributed by atoms with Crippen molar-refractivity contribution < 1.29 is 28.9 Å². The third-order valence-electron chi connectivity index (χ3n) is 7.22. The zero-order valence-electron chi connectivity index (χ0n) is 18.3. The van der Waals surface area contributed by atoms with E-state index in [-0.39, 0.29) is 11.8 Å². The standard InChI is InChI=1S/C25H27NO6/c1-30-19-10-9-16(15-7-4-8-17-18(15)13-26-23(17)27)20(21(19)31-2)32-22(14-5-3-6-14)25(11-12-25)24(28)29/h4,7-10,14,22H,3,5-6,11-13H2,1-2H3,(H,26,27)(H,28,29). The number of fused-ring (bicyclic) bond motifs is 1. The monoisotopic (exact) mass is 437 g/mol. The zero-order valence-corrected chi connectivity index (χ0v) is 18.3. The van der Waals surface area contributed by atoms with E-state index in [1.807, 2.05) is 30.3 Å². The van der Waals surface area contributed by atoms with Gasteiger partial charge in [-0.15, -0.1) is 0 Å². The first-order chi connectivity index (χ1) is 15.5. The van der Waals surface area contributed by atoms with Crippen molar-refractivity contribution in [2.75, 3.05) is 14.2 Å². The van der Waals surface area contributed by atoms with E-state index in [9.17, 15) is 14.7 Å². The van der Waals surface area contributed by atoms with Gasteiger partial charge in [-0.1, -0.05) is 18.6 Å². The van der Waals surface area contributed by atoms with Gasteiger partial charge in [0.1, 0.15) is 11.5 Å². The normalized spacial score (nSPS) is 19.4. The first kappa shape index (κ1) is 20.7. The fraction of sp³-hybridized carbons (Fsp3) is 0.440. The first-order valence-electron chi connectivity index (χ1n) is 11.1. The van der Waals surface area contributed by atoms with Gasteiger partial charge in [-0.05, 0) is 60.9 Å². The van der Waals surface area contributed by atoms with Crippen molar-refractivity contribution >= 4 is 11.9 Å². The number of nitrogens with one attached hydrogen (secondary N) is 1. The molecule has 0 radical (unpaired) electrons. The Bertz CT molecular complexity index is 1090. The van der Waals surface area contributed by atoms with Crippen LogP contribution in [0, 0.1) is 11.3 Å². The zero-order chi connectivity index (χ0) is 22.5. The van der Waals surface area contributed by atoms with E-state index in [0.717, 1.165) is 36.0 Å². The number of ether oxygens (including phenoxy) is 3. The van der Waals surface area contributed by atoms with Gasteiger partial charge < -0.3 is 24.6 Å². The number of rotatable bonds is 8. The minimum absolute atomic E-state index is 0.0973. The van der Waals surface area contributed by atoms with Gasteiger partial charge in [-0.3, -0.25) is 9.59 Å². The number of hydrogen-bond acceptors (Lipinski definition) is 5. The summed E-state index contributed by atoms with van der Waals surface area (Å²) in [5, 5.41) is 12.9. The maximum Gasteiger partial charge on any atom is 0.313 e. The molecule has 2 fully saturated rings. The Morgan fingerprint density at radius 2 is 1.81 bits per heavy atom. The predicted octanol–water partition coefficient (Wildman–Crippen LogP) is 4.03. The highest BCUT2D eigenvalue weighted by Gasteiger charge is 2.60. The van der Waals surface area contributed by atoms with E-state index in [4.69, 9.17) is 14.2 Å². The van der Waals surface area contributed by atoms with Gasteiger partial charge in [-0.2, -0.15) is 0 Å². The lowest BCUT2D eigenvalue weighted by atomic mass is 9.75. The highest BCUT2D eigenvalue weighted by Crippen LogP contribution is 2.57. The molecule has 7 nitrogen and oxygen atoms in total. The summed E-state index contributed by atoms with van der Waals surface area (Å²) in [5.41, 5.74) is 2.31. The number of amides is 1. The molecule has 0 aromatic heterocycles. The minimum Gasteiger partial charge on any atom is -0.493 e. The molecule has 32 heavy (non-hydrogen) atoms. The number of carboxylic acid groups (broad SMARTS) is 1. The fourth-order valence-electron chi connectivity index (χ4n) is 5.02. The van der Waals surface area contributed by atoms with Crippen molar-refractivity contribution in [3.63, 3.8) is 0 Å². The minimum atomic E-state index is -0.855. The van der Waals surface area contributed by atoms with Crippen molar-refractivity contribution in [1.29, 1.82) is 0 Å². The van der Waals surface area contributed by atoms with Crippen LogP contribution in [0.25, 0.3) is 11.1 Å². The molecular formula is C25H27NO6. The van der Waals surface area contributed by atoms with Gasteiger partial charge in [0.15, 0.2) is 11.5 Å². The largest absolute Gasteiger partial charge is 0.493 e. The maximum atomic E-state index is 12.2. The van der Waals surface area contributed by atoms with Crippen LogP contribution in [0.2, 0.25) is 0 Å². The van der Waals surface area contributed by atoms with Gasteiger partial charge in [0.2, 0.25) is 5.75 Å². The number of methoxy groups -OCH3 is 2. The van der Waals surface area contributed by atoms with Gasteiger partial charge in [0.25, 0.3) is 5.91 Å². The van der Waals surface area contributed by atoms with E-state index in [2.05, 4.69) is 5.32 Å². The molecule has 2 aliphatic carbocycles. The topological polar surface area (TPSA) is 94.1 Å². The molecule has 1 aliphatic heterocycles. The van der Waals surface area contributed by atoms with Crippen molar-refractivity contribution in [1.82, 2.24) is 5.32 Å². The summed E-state index contributed by atoms with van der Waals surface area (Å²) in [5.74, 6) is 0.727. The third-order valence-corrected chi connectivity index (χ3v) is 7.22. The second kappa shape index (κ2) is 7.73. The highest BCUT2D eigenvalue weighted by atomic mass is 16.5. The summed E-state index contributed by atoms with van der Waals surface area (Å²) in [7, 11) is 3.12. The summed E-state index contributed by atoms with van der Waals surface area (Å²) < 4.78 is 17.9. The molecule has 2 N–H and O–H groups in total. The predicted molar refractivity (Wildman–Crippen MR) is 117 cm³/mol. The summed E-state index contributed by atoms with van der Waals surface area (Å²) in [6.45, 7) is 0.434. The average molecular weight is 437 g/mol. The Labute approximate surface area is 186 Å². The quantitative estimate of drug-likeness (QED) is 0.648. The molecule has 1 amide bonds. The molecule has 7 heteroatoms. The summed E-state index contributed by atoms with van der Waals surface area (Å²) >= 11 is 0. The molecule has 2 saturated carbocycles. The number of carbonyl (C=O) groups is 2. The molecular weight excluding hydrogens is 410 g/mol. The third kappa shape index (κ3) is 3.10. The molecule has 1 atom stereocenters. The Morgan fingerprint density at radius 3 is 2.41 bits per heavy atom. The maximum absolute atomic E-state index is 12.2. The van der Waals surface area contributed by atoms with Crippen LogP contribution in [0.5, 0.6) is 17.2 Å². The SMILES string of the molecule is COc1ccc(-c2cccc3c2CNC3=O)c(OC(C2CCC2)C2(C(=O)O)CC2)c1OC. The second-order valence-corrected chi connectivity index (χ2v) is 8.88. The summed E-state index contributed by atoms with van der Waals surface area (Å²) in [6, 6.07) is 9.32. The Balaban J connectivity index is 1.66. The van der Waals surface area contributed by atoms with Crippen LogP contribution >= 0.6 is 0 Å². The van der Waals surface area contributed by atoms with Crippen molar-refractivity contribution in [2.24, 2.45) is 11.3 Å². The number of aliphatic carboxylic acids is 1. The van der Waals surface area contributed by atoms with Gasteiger partial charge >= 0.3 is 5.97 Å². The van der Waals surface area contributed by atoms with E-state index in [1.54, 1.807) is 14.2 Å². The molecule has 2 aromatic carbocycles. The lowest BCUT2D eigenvalue weighted by Crippen LogP contribution is -2.43. The molecule has 2 aromatic rings. The molecule has 5 rings (SSSR count). The molecule has 168 valence electrons.